The van der Waals surface area contributed by atoms with Crippen LogP contribution in [0.2, 0.25) is 0 Å². The van der Waals surface area contributed by atoms with Crippen LogP contribution in [0.15, 0.2) is 39.8 Å². The zero-order chi connectivity index (χ0) is 25.3. The van der Waals surface area contributed by atoms with E-state index in [1.165, 1.54) is 7.11 Å². The number of dihydropyridines is 1. The Morgan fingerprint density at radius 1 is 1.36 bits per heavy atom. The highest BCUT2D eigenvalue weighted by molar-refractivity contribution is 6.06. The van der Waals surface area contributed by atoms with Gasteiger partial charge in [0.25, 0.3) is 11.8 Å². The van der Waals surface area contributed by atoms with Crippen LogP contribution in [0, 0.1) is 17.8 Å². The number of aliphatic imine (C=N–C) groups is 1. The molecule has 5 rings (SSSR count). The molecular weight excluding hydrogens is 466 g/mol. The Kier molecular flexibility index (Phi) is 6.07. The average molecular weight is 492 g/mol. The summed E-state index contributed by atoms with van der Waals surface area (Å²) in [5.74, 6) is 6.49. The number of hydrogen-bond donors (Lipinski definition) is 4. The molecule has 1 fully saturated rings. The second-order valence-corrected chi connectivity index (χ2v) is 8.56. The minimum atomic E-state index is -1.39. The van der Waals surface area contributed by atoms with Crippen molar-refractivity contribution in [2.24, 2.45) is 10.9 Å². The van der Waals surface area contributed by atoms with Gasteiger partial charge in [0.15, 0.2) is 11.8 Å². The summed E-state index contributed by atoms with van der Waals surface area (Å²) in [5, 5.41) is 26.7. The van der Waals surface area contributed by atoms with Crippen LogP contribution >= 0.6 is 0 Å². The molecule has 4 N–H and O–H groups in total. The van der Waals surface area contributed by atoms with E-state index in [-0.39, 0.29) is 18.4 Å². The fraction of sp³-hybridized carbons (Fsp3) is 0.375. The molecule has 1 saturated heterocycles. The van der Waals surface area contributed by atoms with E-state index in [0.717, 1.165) is 5.56 Å². The number of amides is 3. The number of hydrogen-bond acceptors (Lipinski definition) is 9. The number of methoxy groups -OCH3 is 1. The number of aliphatic hydroxyl groups excluding tert-OH is 1. The number of aromatic nitrogens is 2. The summed E-state index contributed by atoms with van der Waals surface area (Å²) >= 11 is 0. The predicted molar refractivity (Wildman–Crippen MR) is 128 cm³/mol. The summed E-state index contributed by atoms with van der Waals surface area (Å²) in [6.45, 7) is 3.24. The monoisotopic (exact) mass is 491 g/mol. The van der Waals surface area contributed by atoms with Crippen molar-refractivity contribution in [3.63, 3.8) is 0 Å². The lowest BCUT2D eigenvalue weighted by Gasteiger charge is -2.30. The van der Waals surface area contributed by atoms with Crippen LogP contribution in [0.3, 0.4) is 0 Å². The minimum Gasteiger partial charge on any atom is -0.497 e. The molecule has 0 aliphatic carbocycles. The van der Waals surface area contributed by atoms with Crippen molar-refractivity contribution in [3.05, 3.63) is 47.4 Å². The number of nitrogens with zero attached hydrogens (tertiary/aromatic N) is 4. The highest BCUT2D eigenvalue weighted by Crippen LogP contribution is 2.29. The molecule has 36 heavy (non-hydrogen) atoms. The average Bonchev–Trinajstić information content (AvgIpc) is 3.55. The fourth-order valence-corrected chi connectivity index (χ4v) is 4.24. The van der Waals surface area contributed by atoms with E-state index >= 15 is 0 Å². The first-order valence-electron chi connectivity index (χ1n) is 11.5. The Morgan fingerprint density at radius 2 is 2.22 bits per heavy atom. The SMILES string of the molecule is CCNc1nnc(C2=NCC(C#C[C@]3(CN4Cc5ccc(OC)cc5C4=O)NC(=O)NC3O)C=C2)o1. The topological polar surface area (TPSA) is 154 Å². The smallest absolute Gasteiger partial charge is 0.318 e. The van der Waals surface area contributed by atoms with Crippen LogP contribution in [-0.2, 0) is 6.54 Å². The number of fused-ring (bicyclic) bond motifs is 1. The van der Waals surface area contributed by atoms with E-state index in [9.17, 15) is 14.7 Å². The number of aliphatic hydroxyl groups is 1. The number of nitrogens with one attached hydrogen (secondary N) is 3. The van der Waals surface area contributed by atoms with Crippen molar-refractivity contribution in [2.45, 2.75) is 25.2 Å². The maximum Gasteiger partial charge on any atom is 0.318 e. The Bertz CT molecular complexity index is 1320. The van der Waals surface area contributed by atoms with Crippen LogP contribution < -0.4 is 20.7 Å². The fourth-order valence-electron chi connectivity index (χ4n) is 4.24. The number of rotatable bonds is 6. The maximum atomic E-state index is 13.1. The second-order valence-electron chi connectivity index (χ2n) is 8.56. The molecule has 1 aromatic heterocycles. The van der Waals surface area contributed by atoms with Gasteiger partial charge in [-0.2, -0.15) is 0 Å². The van der Waals surface area contributed by atoms with Crippen molar-refractivity contribution in [1.82, 2.24) is 25.7 Å². The third kappa shape index (κ3) is 4.36. The first kappa shape index (κ1) is 23.4. The molecule has 2 aromatic rings. The molecule has 12 heteroatoms. The molecule has 3 aliphatic rings. The number of carbonyl (C=O) groups excluding carboxylic acids is 2. The highest BCUT2D eigenvalue weighted by Gasteiger charge is 2.48. The Balaban J connectivity index is 1.32. The minimum absolute atomic E-state index is 0.00409. The van der Waals surface area contributed by atoms with E-state index in [0.29, 0.717) is 48.6 Å². The molecule has 0 saturated carbocycles. The van der Waals surface area contributed by atoms with Gasteiger partial charge in [0.1, 0.15) is 11.5 Å². The molecule has 3 atom stereocenters. The van der Waals surface area contributed by atoms with Gasteiger partial charge in [-0.05, 0) is 30.7 Å². The first-order chi connectivity index (χ1) is 17.4. The number of anilines is 1. The summed E-state index contributed by atoms with van der Waals surface area (Å²) in [7, 11) is 1.54. The summed E-state index contributed by atoms with van der Waals surface area (Å²) in [6.07, 6.45) is 2.28. The largest absolute Gasteiger partial charge is 0.497 e. The molecule has 4 heterocycles. The number of carbonyl (C=O) groups is 2. The van der Waals surface area contributed by atoms with Crippen LogP contribution in [0.5, 0.6) is 5.75 Å². The first-order valence-corrected chi connectivity index (χ1v) is 11.5. The van der Waals surface area contributed by atoms with Gasteiger partial charge in [-0.1, -0.05) is 29.1 Å². The third-order valence-corrected chi connectivity index (χ3v) is 6.10. The molecular formula is C24H25N7O5. The van der Waals surface area contributed by atoms with Crippen molar-refractivity contribution in [3.8, 4) is 17.6 Å². The molecule has 0 spiro atoms. The number of allylic oxidation sites excluding steroid dienone is 1. The van der Waals surface area contributed by atoms with Crippen molar-refractivity contribution < 1.29 is 23.8 Å². The number of ether oxygens (including phenoxy) is 1. The standard InChI is InChI=1S/C24H25N7O5/c1-3-25-23-30-29-19(36-23)18-7-4-14(11-26-18)8-9-24(21(33)27-22(34)28-24)13-31-12-15-5-6-16(35-2)10-17(15)20(31)32/h4-7,10,14,21,33H,3,11-13H2,1-2H3,(H,25,30)(H2,27,28,34)/t14?,21?,24-/m1/s1. The van der Waals surface area contributed by atoms with E-state index in [2.05, 4.69) is 43.0 Å². The lowest BCUT2D eigenvalue weighted by molar-refractivity contribution is 0.0611. The molecule has 12 nitrogen and oxygen atoms in total. The molecule has 3 amide bonds. The second kappa shape index (κ2) is 9.35. The van der Waals surface area contributed by atoms with Gasteiger partial charge >= 0.3 is 12.0 Å². The zero-order valence-corrected chi connectivity index (χ0v) is 19.7. The van der Waals surface area contributed by atoms with Gasteiger partial charge in [-0.3, -0.25) is 9.79 Å². The Morgan fingerprint density at radius 3 is 2.92 bits per heavy atom. The van der Waals surface area contributed by atoms with Crippen LogP contribution in [0.25, 0.3) is 0 Å². The molecule has 2 unspecified atom stereocenters. The molecule has 0 radical (unpaired) electrons. The Hall–Kier alpha value is -4.37. The predicted octanol–water partition coefficient (Wildman–Crippen LogP) is 0.515. The summed E-state index contributed by atoms with van der Waals surface area (Å²) in [5.41, 5.74) is 0.529. The van der Waals surface area contributed by atoms with Crippen LogP contribution in [-0.4, -0.2) is 76.4 Å². The Labute approximate surface area is 206 Å². The van der Waals surface area contributed by atoms with Crippen molar-refractivity contribution in [2.75, 3.05) is 32.1 Å². The van der Waals surface area contributed by atoms with Crippen molar-refractivity contribution in [1.29, 1.82) is 0 Å². The lowest BCUT2D eigenvalue weighted by Crippen LogP contribution is -2.56. The van der Waals surface area contributed by atoms with E-state index < -0.39 is 17.8 Å². The molecule has 1 aromatic carbocycles. The highest BCUT2D eigenvalue weighted by atomic mass is 16.5. The maximum absolute atomic E-state index is 13.1. The van der Waals surface area contributed by atoms with Crippen molar-refractivity contribution >= 4 is 23.7 Å². The summed E-state index contributed by atoms with van der Waals surface area (Å²) in [6, 6.07) is 5.07. The summed E-state index contributed by atoms with van der Waals surface area (Å²) < 4.78 is 10.7. The van der Waals surface area contributed by atoms with E-state index in [1.807, 2.05) is 19.1 Å². The van der Waals surface area contributed by atoms with Crippen LogP contribution in [0.1, 0.15) is 28.7 Å². The van der Waals surface area contributed by atoms with Gasteiger partial charge in [-0.15, -0.1) is 5.10 Å². The van der Waals surface area contributed by atoms with Gasteiger partial charge in [0.2, 0.25) is 0 Å². The molecule has 186 valence electrons. The van der Waals surface area contributed by atoms with Gasteiger partial charge in [-0.25, -0.2) is 4.79 Å². The van der Waals surface area contributed by atoms with E-state index in [4.69, 9.17) is 9.15 Å². The molecule has 0 bridgehead atoms. The van der Waals surface area contributed by atoms with Gasteiger partial charge < -0.3 is 35.1 Å². The number of urea groups is 1. The van der Waals surface area contributed by atoms with Crippen LogP contribution in [0.4, 0.5) is 10.8 Å². The number of benzene rings is 1. The summed E-state index contributed by atoms with van der Waals surface area (Å²) in [4.78, 5) is 31.2. The van der Waals surface area contributed by atoms with E-state index in [1.54, 1.807) is 23.1 Å². The normalized spacial score (nSPS) is 24.4. The lowest BCUT2D eigenvalue weighted by atomic mass is 9.96. The van der Waals surface area contributed by atoms with Gasteiger partial charge in [0.05, 0.1) is 26.1 Å². The molecule has 3 aliphatic heterocycles. The third-order valence-electron chi connectivity index (χ3n) is 6.10. The van der Waals surface area contributed by atoms with Gasteiger partial charge in [0, 0.05) is 18.7 Å². The quantitative estimate of drug-likeness (QED) is 0.427. The zero-order valence-electron chi connectivity index (χ0n) is 19.7.